The zero-order valence-corrected chi connectivity index (χ0v) is 54.7. The molecule has 0 N–H and O–H groups in total. The van der Waals surface area contributed by atoms with E-state index in [-0.39, 0.29) is 31.1 Å². The van der Waals surface area contributed by atoms with E-state index in [1.807, 2.05) is 0 Å². The Bertz CT molecular complexity index is 1660. The number of allylic oxidation sites excluding steroid dienone is 18. The molecule has 6 nitrogen and oxygen atoms in total. The molecule has 0 aliphatic rings. The first-order chi connectivity index (χ1) is 41.0. The quantitative estimate of drug-likeness (QED) is 0.0261. The lowest BCUT2D eigenvalue weighted by Gasteiger charge is -2.18. The summed E-state index contributed by atoms with van der Waals surface area (Å²) < 4.78 is 17.0. The van der Waals surface area contributed by atoms with Crippen LogP contribution in [0.5, 0.6) is 0 Å². The number of rotatable bonds is 64. The molecule has 0 rings (SSSR count). The van der Waals surface area contributed by atoms with Crippen molar-refractivity contribution in [3.8, 4) is 0 Å². The van der Waals surface area contributed by atoms with Crippen LogP contribution in [0.1, 0.15) is 342 Å². The second-order valence-corrected chi connectivity index (χ2v) is 23.4. The molecule has 0 fully saturated rings. The highest BCUT2D eigenvalue weighted by atomic mass is 16.6. The topological polar surface area (TPSA) is 78.9 Å². The molecule has 0 radical (unpaired) electrons. The van der Waals surface area contributed by atoms with Crippen molar-refractivity contribution in [3.05, 3.63) is 109 Å². The third-order valence-electron chi connectivity index (χ3n) is 15.3. The van der Waals surface area contributed by atoms with Crippen LogP contribution in [-0.4, -0.2) is 37.2 Å². The molecule has 0 bridgehead atoms. The van der Waals surface area contributed by atoms with Gasteiger partial charge in [-0.15, -0.1) is 0 Å². The molecule has 0 aromatic carbocycles. The summed E-state index contributed by atoms with van der Waals surface area (Å²) >= 11 is 0. The molecule has 0 heterocycles. The Morgan fingerprint density at radius 3 is 0.771 bits per heavy atom. The van der Waals surface area contributed by atoms with Gasteiger partial charge in [0.25, 0.3) is 0 Å². The van der Waals surface area contributed by atoms with Gasteiger partial charge in [0.2, 0.25) is 0 Å². The standard InChI is InChI=1S/C77H132O6/c1-4-7-10-13-16-19-22-25-27-29-31-33-35-36-37-38-39-40-41-42-43-45-46-48-50-52-55-58-61-64-67-70-76(79)82-73-74(72-81-75(78)69-66-63-60-57-54-24-21-18-15-12-9-6-3)83-77(80)71-68-65-62-59-56-53-51-49-47-44-34-32-30-28-26-23-20-17-14-11-8-5-2/h7,10,16,18-19,21,25,27,31,33,36-37,39-40,42-43,46,48,74H,4-6,8-9,11-15,17,20,22-24,26,28-30,32,34-35,38,41,44-45,47,49-73H2,1-3H3/b10-7-,19-16-,21-18-,27-25-,33-31-,37-36-,40-39-,43-42-,48-46-. The van der Waals surface area contributed by atoms with Crippen molar-refractivity contribution in [3.63, 3.8) is 0 Å². The van der Waals surface area contributed by atoms with Crippen LogP contribution in [0.3, 0.4) is 0 Å². The van der Waals surface area contributed by atoms with E-state index in [0.717, 1.165) is 128 Å². The Morgan fingerprint density at radius 2 is 0.470 bits per heavy atom. The predicted molar refractivity (Wildman–Crippen MR) is 362 cm³/mol. The number of unbranched alkanes of at least 4 members (excludes halogenated alkanes) is 35. The second-order valence-electron chi connectivity index (χ2n) is 23.4. The summed E-state index contributed by atoms with van der Waals surface area (Å²) in [5.41, 5.74) is 0. The highest BCUT2D eigenvalue weighted by Crippen LogP contribution is 2.17. The Balaban J connectivity index is 4.29. The molecule has 0 spiro atoms. The fourth-order valence-electron chi connectivity index (χ4n) is 9.99. The third kappa shape index (κ3) is 68.7. The number of hydrogen-bond acceptors (Lipinski definition) is 6. The van der Waals surface area contributed by atoms with Crippen LogP contribution in [0.25, 0.3) is 0 Å². The first-order valence-electron chi connectivity index (χ1n) is 35.4. The number of ether oxygens (including phenoxy) is 3. The van der Waals surface area contributed by atoms with Crippen LogP contribution < -0.4 is 0 Å². The van der Waals surface area contributed by atoms with E-state index in [4.69, 9.17) is 14.2 Å². The summed E-state index contributed by atoms with van der Waals surface area (Å²) in [7, 11) is 0. The minimum atomic E-state index is -0.788. The summed E-state index contributed by atoms with van der Waals surface area (Å²) in [5, 5.41) is 0. The highest BCUT2D eigenvalue weighted by molar-refractivity contribution is 5.71. The van der Waals surface area contributed by atoms with Crippen LogP contribution in [0, 0.1) is 0 Å². The van der Waals surface area contributed by atoms with E-state index >= 15 is 0 Å². The van der Waals surface area contributed by atoms with Crippen molar-refractivity contribution >= 4 is 17.9 Å². The van der Waals surface area contributed by atoms with E-state index in [1.54, 1.807) is 0 Å². The SMILES string of the molecule is CC/C=C\C/C=C\C/C=C\C/C=C\C/C=C\C/C=C\C/C=C\C/C=C\CCCCCCCCC(=O)OCC(COC(=O)CCCCCCC/C=C\CCCCC)OC(=O)CCCCCCCCCCCCCCCCCCCCCCCC. The van der Waals surface area contributed by atoms with Gasteiger partial charge in [0, 0.05) is 19.3 Å². The third-order valence-corrected chi connectivity index (χ3v) is 15.3. The van der Waals surface area contributed by atoms with E-state index in [9.17, 15) is 14.4 Å². The van der Waals surface area contributed by atoms with Gasteiger partial charge < -0.3 is 14.2 Å². The number of hydrogen-bond donors (Lipinski definition) is 0. The molecular formula is C77H132O6. The summed E-state index contributed by atoms with van der Waals surface area (Å²) in [6.45, 7) is 6.52. The minimum absolute atomic E-state index is 0.0846. The van der Waals surface area contributed by atoms with E-state index in [2.05, 4.69) is 130 Å². The maximum absolute atomic E-state index is 12.9. The van der Waals surface area contributed by atoms with Gasteiger partial charge >= 0.3 is 17.9 Å². The number of esters is 3. The monoisotopic (exact) mass is 1150 g/mol. The van der Waals surface area contributed by atoms with Crippen LogP contribution in [0.2, 0.25) is 0 Å². The Hall–Kier alpha value is -3.93. The number of carbonyl (C=O) groups is 3. The summed E-state index contributed by atoms with van der Waals surface area (Å²) in [6, 6.07) is 0. The molecule has 1 atom stereocenters. The highest BCUT2D eigenvalue weighted by Gasteiger charge is 2.19. The van der Waals surface area contributed by atoms with Crippen molar-refractivity contribution in [1.82, 2.24) is 0 Å². The van der Waals surface area contributed by atoms with Crippen molar-refractivity contribution in [1.29, 1.82) is 0 Å². The zero-order chi connectivity index (χ0) is 59.9. The molecule has 0 aromatic heterocycles. The van der Waals surface area contributed by atoms with Gasteiger partial charge in [-0.25, -0.2) is 0 Å². The van der Waals surface area contributed by atoms with Crippen LogP contribution in [0.4, 0.5) is 0 Å². The molecule has 0 saturated heterocycles. The molecular weight excluding hydrogens is 1020 g/mol. The summed E-state index contributed by atoms with van der Waals surface area (Å²) in [6.07, 6.45) is 96.9. The smallest absolute Gasteiger partial charge is 0.306 e. The van der Waals surface area contributed by atoms with Crippen LogP contribution >= 0.6 is 0 Å². The lowest BCUT2D eigenvalue weighted by molar-refractivity contribution is -0.167. The average Bonchev–Trinajstić information content (AvgIpc) is 3.49. The van der Waals surface area contributed by atoms with Crippen molar-refractivity contribution in [2.24, 2.45) is 0 Å². The fraction of sp³-hybridized carbons (Fsp3) is 0.727. The fourth-order valence-corrected chi connectivity index (χ4v) is 9.99. The Kier molecular flexibility index (Phi) is 67.2. The number of carbonyl (C=O) groups excluding carboxylic acids is 3. The second kappa shape index (κ2) is 70.6. The van der Waals surface area contributed by atoms with Gasteiger partial charge in [-0.2, -0.15) is 0 Å². The van der Waals surface area contributed by atoms with Crippen LogP contribution in [0.15, 0.2) is 109 Å². The Morgan fingerprint density at radius 1 is 0.253 bits per heavy atom. The average molecular weight is 1150 g/mol. The first-order valence-corrected chi connectivity index (χ1v) is 35.4. The van der Waals surface area contributed by atoms with Crippen molar-refractivity contribution in [2.45, 2.75) is 348 Å². The first kappa shape index (κ1) is 79.1. The van der Waals surface area contributed by atoms with Gasteiger partial charge in [-0.1, -0.05) is 323 Å². The largest absolute Gasteiger partial charge is 0.462 e. The maximum atomic E-state index is 12.9. The normalized spacial score (nSPS) is 12.8. The summed E-state index contributed by atoms with van der Waals surface area (Å²) in [5.74, 6) is -0.893. The molecule has 0 aromatic rings. The molecule has 476 valence electrons. The van der Waals surface area contributed by atoms with Gasteiger partial charge in [-0.05, 0) is 109 Å². The van der Waals surface area contributed by atoms with E-state index in [0.29, 0.717) is 19.3 Å². The molecule has 83 heavy (non-hydrogen) atoms. The zero-order valence-electron chi connectivity index (χ0n) is 54.7. The maximum Gasteiger partial charge on any atom is 0.306 e. The van der Waals surface area contributed by atoms with E-state index < -0.39 is 6.10 Å². The molecule has 0 aliphatic carbocycles. The molecule has 0 saturated carbocycles. The van der Waals surface area contributed by atoms with Gasteiger partial charge in [0.05, 0.1) is 0 Å². The van der Waals surface area contributed by atoms with Crippen molar-refractivity contribution in [2.75, 3.05) is 13.2 Å². The van der Waals surface area contributed by atoms with E-state index in [1.165, 1.54) is 173 Å². The van der Waals surface area contributed by atoms with Gasteiger partial charge in [0.15, 0.2) is 6.10 Å². The predicted octanol–water partition coefficient (Wildman–Crippen LogP) is 24.6. The minimum Gasteiger partial charge on any atom is -0.462 e. The van der Waals surface area contributed by atoms with Gasteiger partial charge in [0.1, 0.15) is 13.2 Å². The van der Waals surface area contributed by atoms with Crippen LogP contribution in [-0.2, 0) is 28.6 Å². The molecule has 0 aliphatic heterocycles. The van der Waals surface area contributed by atoms with Gasteiger partial charge in [-0.3, -0.25) is 14.4 Å². The molecule has 6 heteroatoms. The molecule has 0 amide bonds. The van der Waals surface area contributed by atoms with Crippen molar-refractivity contribution < 1.29 is 28.6 Å². The molecule has 1 unspecified atom stereocenters. The lowest BCUT2D eigenvalue weighted by atomic mass is 10.0. The lowest BCUT2D eigenvalue weighted by Crippen LogP contribution is -2.30. The summed E-state index contributed by atoms with van der Waals surface area (Å²) in [4.78, 5) is 38.4. The Labute approximate surface area is 514 Å².